The summed E-state index contributed by atoms with van der Waals surface area (Å²) in [6.45, 7) is 5.72. The van der Waals surface area contributed by atoms with E-state index in [1.54, 1.807) is 14.2 Å². The molecule has 33 heavy (non-hydrogen) atoms. The molecule has 1 saturated carbocycles. The molecule has 0 radical (unpaired) electrons. The fraction of sp³-hybridized carbons (Fsp3) is 0.615. The monoisotopic (exact) mass is 457 g/mol. The van der Waals surface area contributed by atoms with Gasteiger partial charge in [0, 0.05) is 38.1 Å². The van der Waals surface area contributed by atoms with Crippen molar-refractivity contribution in [2.75, 3.05) is 34.0 Å². The summed E-state index contributed by atoms with van der Waals surface area (Å²) in [5.41, 5.74) is 3.49. The Labute approximate surface area is 198 Å². The number of hydrogen-bond donors (Lipinski definition) is 0. The lowest BCUT2D eigenvalue weighted by Gasteiger charge is -2.31. The first-order valence-corrected chi connectivity index (χ1v) is 12.1. The molecule has 1 aliphatic carbocycles. The van der Waals surface area contributed by atoms with Crippen LogP contribution in [0.25, 0.3) is 11.1 Å². The highest BCUT2D eigenvalue weighted by atomic mass is 16.7. The van der Waals surface area contributed by atoms with E-state index in [-0.39, 0.29) is 11.9 Å². The van der Waals surface area contributed by atoms with Crippen molar-refractivity contribution in [2.45, 2.75) is 70.7 Å². The van der Waals surface area contributed by atoms with Crippen LogP contribution in [0.5, 0.6) is 0 Å². The highest BCUT2D eigenvalue weighted by Crippen LogP contribution is 2.25. The van der Waals surface area contributed by atoms with Gasteiger partial charge in [0.25, 0.3) is 0 Å². The van der Waals surface area contributed by atoms with Gasteiger partial charge in [-0.05, 0) is 44.2 Å². The number of methoxy groups -OCH3 is 2. The summed E-state index contributed by atoms with van der Waals surface area (Å²) >= 11 is 0. The second-order valence-corrected chi connectivity index (χ2v) is 9.00. The van der Waals surface area contributed by atoms with E-state index in [2.05, 4.69) is 49.4 Å². The molecule has 2 aromatic rings. The molecule has 0 N–H and O–H groups in total. The molecule has 0 saturated heterocycles. The van der Waals surface area contributed by atoms with Gasteiger partial charge in [-0.3, -0.25) is 9.48 Å². The number of hydrogen-bond acceptors (Lipinski definition) is 5. The zero-order valence-electron chi connectivity index (χ0n) is 20.5. The van der Waals surface area contributed by atoms with Crippen LogP contribution in [0.4, 0.5) is 0 Å². The molecule has 1 fully saturated rings. The molecule has 0 spiro atoms. The summed E-state index contributed by atoms with van der Waals surface area (Å²) in [6.07, 6.45) is 9.25. The van der Waals surface area contributed by atoms with Gasteiger partial charge in [-0.25, -0.2) is 0 Å². The number of rotatable bonds is 13. The Morgan fingerprint density at radius 1 is 1.15 bits per heavy atom. The minimum absolute atomic E-state index is 0.116. The predicted molar refractivity (Wildman–Crippen MR) is 129 cm³/mol. The van der Waals surface area contributed by atoms with Gasteiger partial charge in [-0.2, -0.15) is 5.10 Å². The van der Waals surface area contributed by atoms with Crippen LogP contribution in [0, 0.1) is 0 Å². The van der Waals surface area contributed by atoms with E-state index in [4.69, 9.17) is 14.2 Å². The lowest BCUT2D eigenvalue weighted by molar-refractivity contribution is -0.150. The number of aromatic nitrogens is 2. The fourth-order valence-electron chi connectivity index (χ4n) is 4.35. The Hall–Kier alpha value is -2.22. The summed E-state index contributed by atoms with van der Waals surface area (Å²) in [6, 6.07) is 9.11. The van der Waals surface area contributed by atoms with Gasteiger partial charge in [0.1, 0.15) is 0 Å². The Morgan fingerprint density at radius 3 is 2.58 bits per heavy atom. The number of amides is 1. The highest BCUT2D eigenvalue weighted by Gasteiger charge is 2.28. The zero-order chi connectivity index (χ0) is 23.6. The summed E-state index contributed by atoms with van der Waals surface area (Å²) in [4.78, 5) is 14.8. The molecular formula is C26H39N3O4. The maximum absolute atomic E-state index is 12.9. The Bertz CT molecular complexity index is 857. The molecular weight excluding hydrogens is 418 g/mol. The van der Waals surface area contributed by atoms with Crippen molar-refractivity contribution in [2.24, 2.45) is 0 Å². The number of nitrogens with zero attached hydrogens (tertiary/aromatic N) is 3. The van der Waals surface area contributed by atoms with Crippen LogP contribution in [-0.4, -0.2) is 66.9 Å². The van der Waals surface area contributed by atoms with Crippen molar-refractivity contribution < 1.29 is 19.0 Å². The third-order valence-corrected chi connectivity index (χ3v) is 6.34. The van der Waals surface area contributed by atoms with E-state index in [1.165, 1.54) is 18.4 Å². The molecule has 1 heterocycles. The third kappa shape index (κ3) is 7.39. The van der Waals surface area contributed by atoms with Crippen LogP contribution in [0.1, 0.15) is 57.6 Å². The van der Waals surface area contributed by atoms with Crippen LogP contribution in [0.3, 0.4) is 0 Å². The lowest BCUT2D eigenvalue weighted by atomic mass is 10.0. The quantitative estimate of drug-likeness (QED) is 0.328. The Morgan fingerprint density at radius 2 is 1.91 bits per heavy atom. The summed E-state index contributed by atoms with van der Waals surface area (Å²) in [7, 11) is 3.22. The van der Waals surface area contributed by atoms with Crippen LogP contribution < -0.4 is 0 Å². The normalized spacial score (nSPS) is 14.5. The predicted octanol–water partition coefficient (Wildman–Crippen LogP) is 4.47. The average Bonchev–Trinajstić information content (AvgIpc) is 3.52. The smallest absolute Gasteiger partial charge is 0.225 e. The van der Waals surface area contributed by atoms with Crippen LogP contribution in [-0.2, 0) is 25.4 Å². The Balaban J connectivity index is 1.45. The van der Waals surface area contributed by atoms with Crippen LogP contribution >= 0.6 is 0 Å². The van der Waals surface area contributed by atoms with Gasteiger partial charge in [0.2, 0.25) is 5.91 Å². The standard InChI is InChI=1S/C26H39N3O4/c1-20(2)29-18-23(17-27-29)22-9-7-8-21(16-22)12-14-33-15-13-25(30)28(19-26(31-3)32-4)24-10-5-6-11-24/h7-9,16-18,20,24,26H,5-6,10-15,19H2,1-4H3. The number of ether oxygens (including phenoxy) is 3. The number of benzene rings is 1. The van der Waals surface area contributed by atoms with Crippen molar-refractivity contribution in [3.63, 3.8) is 0 Å². The third-order valence-electron chi connectivity index (χ3n) is 6.34. The molecule has 0 aliphatic heterocycles. The first-order valence-electron chi connectivity index (χ1n) is 12.1. The van der Waals surface area contributed by atoms with Gasteiger partial charge in [0.15, 0.2) is 6.29 Å². The van der Waals surface area contributed by atoms with Gasteiger partial charge >= 0.3 is 0 Å². The molecule has 1 amide bonds. The molecule has 1 aromatic carbocycles. The molecule has 182 valence electrons. The first kappa shape index (κ1) is 25.4. The van der Waals surface area contributed by atoms with Crippen molar-refractivity contribution in [3.8, 4) is 11.1 Å². The average molecular weight is 458 g/mol. The molecule has 7 heteroatoms. The van der Waals surface area contributed by atoms with Crippen molar-refractivity contribution in [3.05, 3.63) is 42.2 Å². The van der Waals surface area contributed by atoms with E-state index < -0.39 is 6.29 Å². The van der Waals surface area contributed by atoms with E-state index >= 15 is 0 Å². The second-order valence-electron chi connectivity index (χ2n) is 9.00. The molecule has 1 aromatic heterocycles. The second kappa shape index (κ2) is 12.9. The Kier molecular flexibility index (Phi) is 9.91. The number of carbonyl (C=O) groups excluding carboxylic acids is 1. The fourth-order valence-corrected chi connectivity index (χ4v) is 4.35. The van der Waals surface area contributed by atoms with Crippen molar-refractivity contribution in [1.29, 1.82) is 0 Å². The lowest BCUT2D eigenvalue weighted by Crippen LogP contribution is -2.44. The van der Waals surface area contributed by atoms with Gasteiger partial charge in [-0.1, -0.05) is 37.1 Å². The maximum atomic E-state index is 12.9. The molecule has 1 aliphatic rings. The molecule has 7 nitrogen and oxygen atoms in total. The van der Waals surface area contributed by atoms with E-state index in [1.807, 2.05) is 15.8 Å². The first-order chi connectivity index (χ1) is 16.0. The van der Waals surface area contributed by atoms with Gasteiger partial charge < -0.3 is 19.1 Å². The maximum Gasteiger partial charge on any atom is 0.225 e. The van der Waals surface area contributed by atoms with E-state index in [0.717, 1.165) is 30.4 Å². The highest BCUT2D eigenvalue weighted by molar-refractivity contribution is 5.76. The van der Waals surface area contributed by atoms with E-state index in [0.29, 0.717) is 32.2 Å². The molecule has 0 unspecified atom stereocenters. The van der Waals surface area contributed by atoms with Gasteiger partial charge in [-0.15, -0.1) is 0 Å². The summed E-state index contributed by atoms with van der Waals surface area (Å²) in [5.74, 6) is 0.116. The minimum atomic E-state index is -0.393. The van der Waals surface area contributed by atoms with Crippen molar-refractivity contribution >= 4 is 5.91 Å². The molecule has 0 bridgehead atoms. The number of carbonyl (C=O) groups is 1. The van der Waals surface area contributed by atoms with E-state index in [9.17, 15) is 4.79 Å². The largest absolute Gasteiger partial charge is 0.381 e. The van der Waals surface area contributed by atoms with Crippen LogP contribution in [0.2, 0.25) is 0 Å². The zero-order valence-corrected chi connectivity index (χ0v) is 20.5. The SMILES string of the molecule is COC(CN(C(=O)CCOCCc1cccc(-c2cnn(C(C)C)c2)c1)C1CCCC1)OC. The van der Waals surface area contributed by atoms with Crippen molar-refractivity contribution in [1.82, 2.24) is 14.7 Å². The molecule has 0 atom stereocenters. The van der Waals surface area contributed by atoms with Gasteiger partial charge in [0.05, 0.1) is 32.4 Å². The molecule has 3 rings (SSSR count). The summed E-state index contributed by atoms with van der Waals surface area (Å²) in [5, 5.41) is 4.44. The van der Waals surface area contributed by atoms with Crippen LogP contribution in [0.15, 0.2) is 36.7 Å². The minimum Gasteiger partial charge on any atom is -0.381 e. The summed E-state index contributed by atoms with van der Waals surface area (Å²) < 4.78 is 18.5. The topological polar surface area (TPSA) is 65.8 Å².